The van der Waals surface area contributed by atoms with E-state index in [1.54, 1.807) is 7.11 Å². The number of hydrogen-bond acceptors (Lipinski definition) is 3. The first-order valence-electron chi connectivity index (χ1n) is 5.52. The maximum absolute atomic E-state index is 11.1. The van der Waals surface area contributed by atoms with Crippen LogP contribution in [0.3, 0.4) is 0 Å². The van der Waals surface area contributed by atoms with Gasteiger partial charge < -0.3 is 9.84 Å². The van der Waals surface area contributed by atoms with E-state index in [2.05, 4.69) is 0 Å². The molecule has 1 atom stereocenters. The minimum absolute atomic E-state index is 0.229. The Kier molecular flexibility index (Phi) is 7.34. The van der Waals surface area contributed by atoms with Crippen molar-refractivity contribution in [3.05, 3.63) is 0 Å². The summed E-state index contributed by atoms with van der Waals surface area (Å²) in [6.45, 7) is 7.28. The smallest absolute Gasteiger partial charge is 0.320 e. The number of methoxy groups -OCH3 is 1. The fourth-order valence-electron chi connectivity index (χ4n) is 1.68. The molecule has 1 N–H and O–H groups in total. The zero-order chi connectivity index (χ0) is 11.8. The Bertz CT molecular complexity index is 183. The molecule has 4 heteroatoms. The standard InChI is InChI=1S/C11H23NO3/c1-5-6-10(11(13)14)12(9(2)3)7-8-15-4/h9-10H,5-8H2,1-4H3,(H,13,14). The molecule has 15 heavy (non-hydrogen) atoms. The molecular weight excluding hydrogens is 194 g/mol. The highest BCUT2D eigenvalue weighted by atomic mass is 16.5. The van der Waals surface area contributed by atoms with Crippen LogP contribution in [0.2, 0.25) is 0 Å². The number of carbonyl (C=O) groups is 1. The van der Waals surface area contributed by atoms with Crippen molar-refractivity contribution in [2.45, 2.75) is 45.7 Å². The molecule has 0 spiro atoms. The molecule has 0 bridgehead atoms. The normalized spacial score (nSPS) is 13.5. The van der Waals surface area contributed by atoms with Gasteiger partial charge in [0.2, 0.25) is 0 Å². The van der Waals surface area contributed by atoms with Gasteiger partial charge in [-0.1, -0.05) is 13.3 Å². The summed E-state index contributed by atoms with van der Waals surface area (Å²) < 4.78 is 5.00. The Morgan fingerprint density at radius 3 is 2.40 bits per heavy atom. The van der Waals surface area contributed by atoms with Crippen molar-refractivity contribution in [3.8, 4) is 0 Å². The largest absolute Gasteiger partial charge is 0.480 e. The van der Waals surface area contributed by atoms with Crippen LogP contribution in [0.4, 0.5) is 0 Å². The second-order valence-electron chi connectivity index (χ2n) is 3.97. The minimum Gasteiger partial charge on any atom is -0.480 e. The molecule has 0 saturated heterocycles. The molecule has 0 aliphatic rings. The van der Waals surface area contributed by atoms with Gasteiger partial charge in [0.05, 0.1) is 6.61 Å². The molecule has 0 aliphatic carbocycles. The fourth-order valence-corrected chi connectivity index (χ4v) is 1.68. The average Bonchev–Trinajstić information content (AvgIpc) is 2.16. The number of aliphatic carboxylic acids is 1. The Balaban J connectivity index is 4.44. The Morgan fingerprint density at radius 2 is 2.07 bits per heavy atom. The second-order valence-corrected chi connectivity index (χ2v) is 3.97. The number of carboxylic acids is 1. The summed E-state index contributed by atoms with van der Waals surface area (Å²) in [6.07, 6.45) is 1.57. The lowest BCUT2D eigenvalue weighted by Gasteiger charge is -2.31. The van der Waals surface area contributed by atoms with Gasteiger partial charge in [0.15, 0.2) is 0 Å². The minimum atomic E-state index is -0.735. The quantitative estimate of drug-likeness (QED) is 0.671. The predicted octanol–water partition coefficient (Wildman–Crippen LogP) is 1.60. The average molecular weight is 217 g/mol. The maximum atomic E-state index is 11.1. The highest BCUT2D eigenvalue weighted by Gasteiger charge is 2.26. The van der Waals surface area contributed by atoms with Gasteiger partial charge in [0.25, 0.3) is 0 Å². The third-order valence-electron chi connectivity index (χ3n) is 2.46. The molecule has 0 saturated carbocycles. The molecule has 0 amide bonds. The first kappa shape index (κ1) is 14.4. The van der Waals surface area contributed by atoms with Gasteiger partial charge in [-0.05, 0) is 20.3 Å². The van der Waals surface area contributed by atoms with E-state index < -0.39 is 5.97 Å². The van der Waals surface area contributed by atoms with E-state index in [-0.39, 0.29) is 12.1 Å². The third kappa shape index (κ3) is 5.14. The molecule has 0 fully saturated rings. The van der Waals surface area contributed by atoms with Crippen LogP contribution in [-0.2, 0) is 9.53 Å². The number of carboxylic acid groups (broad SMARTS) is 1. The van der Waals surface area contributed by atoms with Crippen LogP contribution in [0.5, 0.6) is 0 Å². The molecule has 90 valence electrons. The van der Waals surface area contributed by atoms with Crippen LogP contribution < -0.4 is 0 Å². The van der Waals surface area contributed by atoms with Gasteiger partial charge in [0.1, 0.15) is 6.04 Å². The first-order chi connectivity index (χ1) is 7.04. The van der Waals surface area contributed by atoms with Crippen LogP contribution in [0.15, 0.2) is 0 Å². The van der Waals surface area contributed by atoms with Gasteiger partial charge >= 0.3 is 5.97 Å². The summed E-state index contributed by atoms with van der Waals surface area (Å²) >= 11 is 0. The van der Waals surface area contributed by atoms with Crippen molar-refractivity contribution in [2.24, 2.45) is 0 Å². The predicted molar refractivity (Wildman–Crippen MR) is 60.0 cm³/mol. The summed E-state index contributed by atoms with van der Waals surface area (Å²) in [6, 6.07) is -0.155. The highest BCUT2D eigenvalue weighted by Crippen LogP contribution is 2.11. The number of ether oxygens (including phenoxy) is 1. The van der Waals surface area contributed by atoms with E-state index in [1.807, 2.05) is 25.7 Å². The van der Waals surface area contributed by atoms with Crippen molar-refractivity contribution in [1.82, 2.24) is 4.90 Å². The van der Waals surface area contributed by atoms with Gasteiger partial charge in [-0.15, -0.1) is 0 Å². The van der Waals surface area contributed by atoms with Gasteiger partial charge in [-0.2, -0.15) is 0 Å². The molecular formula is C11H23NO3. The molecule has 0 aliphatic heterocycles. The van der Waals surface area contributed by atoms with Crippen molar-refractivity contribution < 1.29 is 14.6 Å². The topological polar surface area (TPSA) is 49.8 Å². The monoisotopic (exact) mass is 217 g/mol. The van der Waals surface area contributed by atoms with Crippen LogP contribution in [0.1, 0.15) is 33.6 Å². The highest BCUT2D eigenvalue weighted by molar-refractivity contribution is 5.73. The van der Waals surface area contributed by atoms with E-state index in [1.165, 1.54) is 0 Å². The van der Waals surface area contributed by atoms with Crippen molar-refractivity contribution in [2.75, 3.05) is 20.3 Å². The summed E-state index contributed by atoms with van der Waals surface area (Å²) in [4.78, 5) is 13.1. The van der Waals surface area contributed by atoms with Crippen molar-refractivity contribution in [3.63, 3.8) is 0 Å². The molecule has 4 nitrogen and oxygen atoms in total. The fraction of sp³-hybridized carbons (Fsp3) is 0.909. The number of nitrogens with zero attached hydrogens (tertiary/aromatic N) is 1. The first-order valence-corrected chi connectivity index (χ1v) is 5.52. The summed E-state index contributed by atoms with van der Waals surface area (Å²) in [5, 5.41) is 9.14. The van der Waals surface area contributed by atoms with Crippen LogP contribution >= 0.6 is 0 Å². The maximum Gasteiger partial charge on any atom is 0.320 e. The number of rotatable bonds is 8. The number of hydrogen-bond donors (Lipinski definition) is 1. The Morgan fingerprint density at radius 1 is 1.47 bits per heavy atom. The van der Waals surface area contributed by atoms with E-state index in [0.717, 1.165) is 6.42 Å². The van der Waals surface area contributed by atoms with Crippen molar-refractivity contribution in [1.29, 1.82) is 0 Å². The molecule has 0 aromatic carbocycles. The second kappa shape index (κ2) is 7.65. The molecule has 1 unspecified atom stereocenters. The van der Waals surface area contributed by atoms with Gasteiger partial charge in [-0.3, -0.25) is 9.69 Å². The van der Waals surface area contributed by atoms with E-state index in [4.69, 9.17) is 9.84 Å². The van der Waals surface area contributed by atoms with E-state index in [0.29, 0.717) is 19.6 Å². The SMILES string of the molecule is CCCC(C(=O)O)N(CCOC)C(C)C. The van der Waals surface area contributed by atoms with E-state index in [9.17, 15) is 4.79 Å². The molecule has 0 rings (SSSR count). The van der Waals surface area contributed by atoms with Crippen molar-refractivity contribution >= 4 is 5.97 Å². The molecule has 0 heterocycles. The van der Waals surface area contributed by atoms with Gasteiger partial charge in [-0.25, -0.2) is 0 Å². The lowest BCUT2D eigenvalue weighted by atomic mass is 10.1. The summed E-state index contributed by atoms with van der Waals surface area (Å²) in [5.41, 5.74) is 0. The Hall–Kier alpha value is -0.610. The molecule has 0 radical (unpaired) electrons. The zero-order valence-electron chi connectivity index (χ0n) is 10.2. The van der Waals surface area contributed by atoms with E-state index >= 15 is 0 Å². The van der Waals surface area contributed by atoms with Crippen LogP contribution in [0, 0.1) is 0 Å². The summed E-state index contributed by atoms with van der Waals surface area (Å²) in [7, 11) is 1.63. The van der Waals surface area contributed by atoms with Gasteiger partial charge in [0, 0.05) is 19.7 Å². The lowest BCUT2D eigenvalue weighted by molar-refractivity contribution is -0.144. The summed E-state index contributed by atoms with van der Waals surface area (Å²) in [5.74, 6) is -0.735. The third-order valence-corrected chi connectivity index (χ3v) is 2.46. The Labute approximate surface area is 92.2 Å². The van der Waals surface area contributed by atoms with Crippen LogP contribution in [0.25, 0.3) is 0 Å². The van der Waals surface area contributed by atoms with Crippen LogP contribution in [-0.4, -0.2) is 48.3 Å². The molecule has 0 aromatic heterocycles. The zero-order valence-corrected chi connectivity index (χ0v) is 10.2. The lowest BCUT2D eigenvalue weighted by Crippen LogP contribution is -2.46. The molecule has 0 aromatic rings.